The molecular formula is C22H36N4O2. The van der Waals surface area contributed by atoms with Crippen molar-refractivity contribution in [3.05, 3.63) is 35.4 Å². The summed E-state index contributed by atoms with van der Waals surface area (Å²) in [5, 5.41) is 6.65. The highest BCUT2D eigenvalue weighted by Crippen LogP contribution is 2.15. The van der Waals surface area contributed by atoms with Crippen molar-refractivity contribution in [1.82, 2.24) is 15.5 Å². The summed E-state index contributed by atoms with van der Waals surface area (Å²) in [5.41, 5.74) is 1.81. The molecule has 28 heavy (non-hydrogen) atoms. The van der Waals surface area contributed by atoms with Gasteiger partial charge < -0.3 is 20.3 Å². The van der Waals surface area contributed by atoms with Crippen molar-refractivity contribution in [2.24, 2.45) is 4.99 Å². The van der Waals surface area contributed by atoms with E-state index in [2.05, 4.69) is 29.5 Å². The van der Waals surface area contributed by atoms with Gasteiger partial charge in [-0.05, 0) is 44.9 Å². The number of hydrogen-bond acceptors (Lipinski definition) is 3. The van der Waals surface area contributed by atoms with Crippen LogP contribution in [0.3, 0.4) is 0 Å². The van der Waals surface area contributed by atoms with Crippen LogP contribution >= 0.6 is 0 Å². The van der Waals surface area contributed by atoms with Crippen LogP contribution in [0.25, 0.3) is 0 Å². The molecule has 2 N–H and O–H groups in total. The van der Waals surface area contributed by atoms with Gasteiger partial charge in [0, 0.05) is 31.7 Å². The number of nitrogens with one attached hydrogen (secondary N) is 2. The Morgan fingerprint density at radius 3 is 2.39 bits per heavy atom. The Kier molecular flexibility index (Phi) is 9.28. The zero-order valence-corrected chi connectivity index (χ0v) is 17.8. The minimum Gasteiger partial charge on any atom is -0.372 e. The molecule has 0 spiro atoms. The first-order valence-electron chi connectivity index (χ1n) is 10.6. The molecule has 0 radical (unpaired) electrons. The second-order valence-corrected chi connectivity index (χ2v) is 7.49. The number of morpholine rings is 1. The quantitative estimate of drug-likeness (QED) is 0.408. The number of benzene rings is 1. The second-order valence-electron chi connectivity index (χ2n) is 7.49. The number of guanidine groups is 1. The molecule has 156 valence electrons. The van der Waals surface area contributed by atoms with Crippen LogP contribution in [-0.4, -0.2) is 55.2 Å². The topological polar surface area (TPSA) is 66.0 Å². The highest BCUT2D eigenvalue weighted by Gasteiger charge is 2.26. The molecule has 1 heterocycles. The standard InChI is InChI=1S/C22H36N4O2/c1-5-7-8-13-24-22(23-6-2)25-14-19-9-11-20(12-10-19)21(27)26-15-17(3)28-18(4)16-26/h9-12,17-18H,5-8,13-16H2,1-4H3,(H2,23,24,25). The van der Waals surface area contributed by atoms with Crippen molar-refractivity contribution in [3.63, 3.8) is 0 Å². The van der Waals surface area contributed by atoms with Crippen molar-refractivity contribution in [1.29, 1.82) is 0 Å². The Hall–Kier alpha value is -2.08. The number of carbonyl (C=O) groups is 1. The van der Waals surface area contributed by atoms with Crippen LogP contribution in [-0.2, 0) is 11.3 Å². The highest BCUT2D eigenvalue weighted by atomic mass is 16.5. The number of unbranched alkanes of at least 4 members (excludes halogenated alkanes) is 2. The second kappa shape index (κ2) is 11.7. The first-order chi connectivity index (χ1) is 13.5. The van der Waals surface area contributed by atoms with Crippen LogP contribution in [0.5, 0.6) is 0 Å². The predicted octanol–water partition coefficient (Wildman–Crippen LogP) is 3.18. The van der Waals surface area contributed by atoms with Crippen molar-refractivity contribution in [2.45, 2.75) is 65.7 Å². The van der Waals surface area contributed by atoms with Crippen LogP contribution in [0.1, 0.15) is 62.9 Å². The monoisotopic (exact) mass is 388 g/mol. The number of ether oxygens (including phenoxy) is 1. The van der Waals surface area contributed by atoms with Gasteiger partial charge in [0.05, 0.1) is 18.8 Å². The fraction of sp³-hybridized carbons (Fsp3) is 0.636. The largest absolute Gasteiger partial charge is 0.372 e. The first kappa shape index (κ1) is 22.2. The molecule has 1 aromatic rings. The Morgan fingerprint density at radius 1 is 1.11 bits per heavy atom. The maximum absolute atomic E-state index is 12.7. The first-order valence-corrected chi connectivity index (χ1v) is 10.6. The summed E-state index contributed by atoms with van der Waals surface area (Å²) < 4.78 is 5.72. The van der Waals surface area contributed by atoms with E-state index in [0.29, 0.717) is 19.6 Å². The zero-order valence-electron chi connectivity index (χ0n) is 17.8. The Balaban J connectivity index is 1.92. The fourth-order valence-corrected chi connectivity index (χ4v) is 3.37. The summed E-state index contributed by atoms with van der Waals surface area (Å²) in [7, 11) is 0. The number of aliphatic imine (C=N–C) groups is 1. The number of carbonyl (C=O) groups excluding carboxylic acids is 1. The minimum atomic E-state index is 0.0722. The number of rotatable bonds is 8. The van der Waals surface area contributed by atoms with Crippen molar-refractivity contribution >= 4 is 11.9 Å². The third kappa shape index (κ3) is 7.15. The molecule has 2 rings (SSSR count). The molecule has 2 atom stereocenters. The third-order valence-corrected chi connectivity index (χ3v) is 4.74. The lowest BCUT2D eigenvalue weighted by Crippen LogP contribution is -2.48. The molecule has 1 fully saturated rings. The predicted molar refractivity (Wildman–Crippen MR) is 115 cm³/mol. The average molecular weight is 389 g/mol. The van der Waals surface area contributed by atoms with Gasteiger partial charge in [-0.25, -0.2) is 4.99 Å². The lowest BCUT2D eigenvalue weighted by Gasteiger charge is -2.35. The lowest BCUT2D eigenvalue weighted by molar-refractivity contribution is -0.0586. The molecule has 1 aliphatic heterocycles. The van der Waals surface area contributed by atoms with Gasteiger partial charge in [0.1, 0.15) is 0 Å². The third-order valence-electron chi connectivity index (χ3n) is 4.74. The van der Waals surface area contributed by atoms with E-state index in [4.69, 9.17) is 4.74 Å². The van der Waals surface area contributed by atoms with E-state index in [1.54, 1.807) is 0 Å². The van der Waals surface area contributed by atoms with Gasteiger partial charge in [0.15, 0.2) is 5.96 Å². The molecular weight excluding hydrogens is 352 g/mol. The van der Waals surface area contributed by atoms with Crippen LogP contribution in [0.15, 0.2) is 29.3 Å². The van der Waals surface area contributed by atoms with Gasteiger partial charge in [-0.3, -0.25) is 4.79 Å². The molecule has 0 aromatic heterocycles. The van der Waals surface area contributed by atoms with Crippen molar-refractivity contribution in [3.8, 4) is 0 Å². The Bertz CT molecular complexity index is 620. The molecule has 1 aromatic carbocycles. The summed E-state index contributed by atoms with van der Waals surface area (Å²) in [6.45, 7) is 11.9. The molecule has 6 heteroatoms. The van der Waals surface area contributed by atoms with Crippen LogP contribution in [0.4, 0.5) is 0 Å². The SMILES string of the molecule is CCCCCNC(=NCc1ccc(C(=O)N2CC(C)OC(C)C2)cc1)NCC. The van der Waals surface area contributed by atoms with Gasteiger partial charge >= 0.3 is 0 Å². The Labute approximate surface area is 169 Å². The molecule has 0 aliphatic carbocycles. The summed E-state index contributed by atoms with van der Waals surface area (Å²) >= 11 is 0. The molecule has 1 aliphatic rings. The van der Waals surface area contributed by atoms with Crippen LogP contribution in [0, 0.1) is 0 Å². The summed E-state index contributed by atoms with van der Waals surface area (Å²) in [5.74, 6) is 0.915. The van der Waals surface area contributed by atoms with Crippen molar-refractivity contribution in [2.75, 3.05) is 26.2 Å². The van der Waals surface area contributed by atoms with E-state index in [0.717, 1.165) is 36.6 Å². The Morgan fingerprint density at radius 2 is 1.79 bits per heavy atom. The molecule has 0 saturated carbocycles. The van der Waals surface area contributed by atoms with Gasteiger partial charge in [-0.1, -0.05) is 31.9 Å². The fourth-order valence-electron chi connectivity index (χ4n) is 3.37. The van der Waals surface area contributed by atoms with E-state index in [9.17, 15) is 4.79 Å². The van der Waals surface area contributed by atoms with Crippen LogP contribution in [0.2, 0.25) is 0 Å². The van der Waals surface area contributed by atoms with Gasteiger partial charge in [0.25, 0.3) is 5.91 Å². The van der Waals surface area contributed by atoms with Crippen LogP contribution < -0.4 is 10.6 Å². The number of hydrogen-bond donors (Lipinski definition) is 2. The molecule has 1 amide bonds. The van der Waals surface area contributed by atoms with E-state index in [1.165, 1.54) is 12.8 Å². The maximum atomic E-state index is 12.7. The summed E-state index contributed by atoms with van der Waals surface area (Å²) in [4.78, 5) is 19.3. The molecule has 2 unspecified atom stereocenters. The smallest absolute Gasteiger partial charge is 0.254 e. The number of nitrogens with zero attached hydrogens (tertiary/aromatic N) is 2. The molecule has 6 nitrogen and oxygen atoms in total. The minimum absolute atomic E-state index is 0.0722. The van der Waals surface area contributed by atoms with E-state index >= 15 is 0 Å². The summed E-state index contributed by atoms with van der Waals surface area (Å²) in [6, 6.07) is 7.79. The number of amides is 1. The normalized spacial score (nSPS) is 20.1. The summed E-state index contributed by atoms with van der Waals surface area (Å²) in [6.07, 6.45) is 3.74. The van der Waals surface area contributed by atoms with Gasteiger partial charge in [-0.2, -0.15) is 0 Å². The van der Waals surface area contributed by atoms with E-state index < -0.39 is 0 Å². The molecule has 1 saturated heterocycles. The average Bonchev–Trinajstić information content (AvgIpc) is 2.68. The zero-order chi connectivity index (χ0) is 20.4. The lowest BCUT2D eigenvalue weighted by atomic mass is 10.1. The van der Waals surface area contributed by atoms with Gasteiger partial charge in [-0.15, -0.1) is 0 Å². The highest BCUT2D eigenvalue weighted by molar-refractivity contribution is 5.94. The van der Waals surface area contributed by atoms with Gasteiger partial charge in [0.2, 0.25) is 0 Å². The maximum Gasteiger partial charge on any atom is 0.254 e. The van der Waals surface area contributed by atoms with Crippen molar-refractivity contribution < 1.29 is 9.53 Å². The van der Waals surface area contributed by atoms with E-state index in [-0.39, 0.29) is 18.1 Å². The van der Waals surface area contributed by atoms with E-state index in [1.807, 2.05) is 43.0 Å². The molecule has 0 bridgehead atoms.